The Kier molecular flexibility index (Phi) is 5.23. The van der Waals surface area contributed by atoms with E-state index in [-0.39, 0.29) is 17.6 Å². The molecule has 3 N–H and O–H groups in total. The quantitative estimate of drug-likeness (QED) is 0.890. The van der Waals surface area contributed by atoms with Gasteiger partial charge in [0.05, 0.1) is 5.92 Å². The number of rotatable bonds is 4. The molecule has 1 saturated heterocycles. The van der Waals surface area contributed by atoms with Crippen molar-refractivity contribution in [2.75, 3.05) is 13.1 Å². The number of carbonyl (C=O) groups excluding carboxylic acids is 2. The number of nitrogens with one attached hydrogen (secondary N) is 1. The first-order chi connectivity index (χ1) is 10.8. The first kappa shape index (κ1) is 17.2. The maximum Gasteiger partial charge on any atom is 0.314 e. The van der Waals surface area contributed by atoms with Crippen molar-refractivity contribution in [2.45, 2.75) is 38.6 Å². The molecule has 23 heavy (non-hydrogen) atoms. The van der Waals surface area contributed by atoms with Crippen LogP contribution >= 0.6 is 0 Å². The van der Waals surface area contributed by atoms with Gasteiger partial charge in [-0.15, -0.1) is 0 Å². The number of amides is 3. The Hall–Kier alpha value is -2.11. The minimum atomic E-state index is -0.479. The van der Waals surface area contributed by atoms with E-state index in [4.69, 9.17) is 5.73 Å². The average molecular weight is 321 g/mol. The van der Waals surface area contributed by atoms with Crippen molar-refractivity contribution in [2.24, 2.45) is 11.7 Å². The minimum Gasteiger partial charge on any atom is -0.351 e. The lowest BCUT2D eigenvalue weighted by Gasteiger charge is -2.34. The van der Waals surface area contributed by atoms with Crippen LogP contribution in [0.3, 0.4) is 0 Å². The summed E-state index contributed by atoms with van der Waals surface area (Å²) in [6, 6.07) is 5.79. The van der Waals surface area contributed by atoms with Gasteiger partial charge in [0.1, 0.15) is 5.82 Å². The zero-order valence-electron chi connectivity index (χ0n) is 13.6. The zero-order valence-corrected chi connectivity index (χ0v) is 13.6. The number of benzene rings is 1. The summed E-state index contributed by atoms with van der Waals surface area (Å²) in [5.41, 5.74) is 5.80. The van der Waals surface area contributed by atoms with E-state index >= 15 is 0 Å². The Morgan fingerprint density at radius 1 is 1.35 bits per heavy atom. The zero-order chi connectivity index (χ0) is 17.0. The average Bonchev–Trinajstić information content (AvgIpc) is 2.49. The number of urea groups is 1. The molecule has 1 heterocycles. The Labute approximate surface area is 136 Å². The van der Waals surface area contributed by atoms with Crippen LogP contribution in [0.15, 0.2) is 24.3 Å². The van der Waals surface area contributed by atoms with Gasteiger partial charge in [-0.05, 0) is 50.8 Å². The third-order valence-electron chi connectivity index (χ3n) is 4.12. The van der Waals surface area contributed by atoms with E-state index in [1.165, 1.54) is 17.0 Å². The summed E-state index contributed by atoms with van der Waals surface area (Å²) < 4.78 is 13.0. The molecule has 3 amide bonds. The summed E-state index contributed by atoms with van der Waals surface area (Å²) in [6.45, 7) is 4.84. The molecule has 5 nitrogen and oxygen atoms in total. The van der Waals surface area contributed by atoms with Crippen LogP contribution < -0.4 is 11.1 Å². The van der Waals surface area contributed by atoms with Crippen LogP contribution in [0.25, 0.3) is 0 Å². The van der Waals surface area contributed by atoms with Gasteiger partial charge in [-0.3, -0.25) is 4.79 Å². The Balaban J connectivity index is 1.94. The fraction of sp³-hybridized carbons (Fsp3) is 0.529. The van der Waals surface area contributed by atoms with Crippen molar-refractivity contribution in [3.05, 3.63) is 35.6 Å². The number of likely N-dealkylation sites (tertiary alicyclic amines) is 1. The highest BCUT2D eigenvalue weighted by atomic mass is 19.1. The highest BCUT2D eigenvalue weighted by Gasteiger charge is 2.30. The van der Waals surface area contributed by atoms with E-state index in [1.54, 1.807) is 12.1 Å². The molecule has 0 radical (unpaired) electrons. The molecule has 1 aliphatic heterocycles. The monoisotopic (exact) mass is 321 g/mol. The summed E-state index contributed by atoms with van der Waals surface area (Å²) in [6.07, 6.45) is 2.13. The number of halogens is 1. The molecule has 6 heteroatoms. The summed E-state index contributed by atoms with van der Waals surface area (Å²) >= 11 is 0. The Morgan fingerprint density at radius 2 is 2.00 bits per heavy atom. The normalized spacial score (nSPS) is 18.6. The van der Waals surface area contributed by atoms with Gasteiger partial charge in [0.15, 0.2) is 0 Å². The molecule has 1 atom stereocenters. The molecule has 0 bridgehead atoms. The Morgan fingerprint density at radius 3 is 2.61 bits per heavy atom. The van der Waals surface area contributed by atoms with Gasteiger partial charge in [0.25, 0.3) is 0 Å². The molecular weight excluding hydrogens is 297 g/mol. The predicted octanol–water partition coefficient (Wildman–Crippen LogP) is 2.05. The molecule has 0 saturated carbocycles. The number of hydrogen-bond donors (Lipinski definition) is 2. The van der Waals surface area contributed by atoms with Crippen LogP contribution in [-0.2, 0) is 11.2 Å². The lowest BCUT2D eigenvalue weighted by Crippen LogP contribution is -2.52. The molecule has 0 unspecified atom stereocenters. The lowest BCUT2D eigenvalue weighted by atomic mass is 9.92. The fourth-order valence-electron chi connectivity index (χ4n) is 2.98. The smallest absolute Gasteiger partial charge is 0.314 e. The highest BCUT2D eigenvalue weighted by Crippen LogP contribution is 2.19. The molecule has 0 aliphatic carbocycles. The van der Waals surface area contributed by atoms with Gasteiger partial charge in [-0.25, -0.2) is 9.18 Å². The van der Waals surface area contributed by atoms with Gasteiger partial charge in [-0.2, -0.15) is 0 Å². The van der Waals surface area contributed by atoms with Crippen LogP contribution in [0.2, 0.25) is 0 Å². The molecule has 0 spiro atoms. The summed E-state index contributed by atoms with van der Waals surface area (Å²) in [4.78, 5) is 25.3. The fourth-order valence-corrected chi connectivity index (χ4v) is 2.98. The molecule has 1 fully saturated rings. The largest absolute Gasteiger partial charge is 0.351 e. The second-order valence-corrected chi connectivity index (χ2v) is 6.80. The molecule has 0 aromatic heterocycles. The second kappa shape index (κ2) is 6.98. The summed E-state index contributed by atoms with van der Waals surface area (Å²) in [5, 5.41) is 3.04. The maximum absolute atomic E-state index is 13.0. The van der Waals surface area contributed by atoms with Crippen LogP contribution in [0.1, 0.15) is 32.3 Å². The van der Waals surface area contributed by atoms with Gasteiger partial charge >= 0.3 is 6.03 Å². The molecular formula is C17H24FN3O2. The number of nitrogens with zero attached hydrogens (tertiary/aromatic N) is 1. The molecule has 1 aromatic carbocycles. The van der Waals surface area contributed by atoms with Crippen molar-refractivity contribution in [3.8, 4) is 0 Å². The van der Waals surface area contributed by atoms with Gasteiger partial charge in [0.2, 0.25) is 5.91 Å². The van der Waals surface area contributed by atoms with E-state index in [2.05, 4.69) is 5.32 Å². The standard InChI is InChI=1S/C17H24FN3O2/c1-17(2,10-12-5-7-14(18)8-6-12)20-15(22)13-4-3-9-21(11-13)16(19)23/h5-8,13H,3-4,9-11H2,1-2H3,(H2,19,23)(H,20,22)/t13-/m1/s1. The number of nitrogens with two attached hydrogens (primary N) is 1. The van der Waals surface area contributed by atoms with Crippen LogP contribution in [0.5, 0.6) is 0 Å². The minimum absolute atomic E-state index is 0.0666. The predicted molar refractivity (Wildman–Crippen MR) is 86.2 cm³/mol. The lowest BCUT2D eigenvalue weighted by molar-refractivity contribution is -0.127. The van der Waals surface area contributed by atoms with Crippen LogP contribution in [0, 0.1) is 11.7 Å². The van der Waals surface area contributed by atoms with Gasteiger partial charge in [0, 0.05) is 18.6 Å². The van der Waals surface area contributed by atoms with E-state index in [0.29, 0.717) is 19.5 Å². The third kappa shape index (κ3) is 4.94. The maximum atomic E-state index is 13.0. The summed E-state index contributed by atoms with van der Waals surface area (Å²) in [5.74, 6) is -0.573. The van der Waals surface area contributed by atoms with E-state index in [0.717, 1.165) is 18.4 Å². The third-order valence-corrected chi connectivity index (χ3v) is 4.12. The van der Waals surface area contributed by atoms with E-state index in [9.17, 15) is 14.0 Å². The topological polar surface area (TPSA) is 75.4 Å². The first-order valence-electron chi connectivity index (χ1n) is 7.88. The number of hydrogen-bond acceptors (Lipinski definition) is 2. The van der Waals surface area contributed by atoms with Crippen molar-refractivity contribution < 1.29 is 14.0 Å². The van der Waals surface area contributed by atoms with Crippen molar-refractivity contribution in [1.82, 2.24) is 10.2 Å². The molecule has 126 valence electrons. The Bertz CT molecular complexity index is 572. The van der Waals surface area contributed by atoms with Crippen LogP contribution in [0.4, 0.5) is 9.18 Å². The number of carbonyl (C=O) groups is 2. The first-order valence-corrected chi connectivity index (χ1v) is 7.88. The number of piperidine rings is 1. The van der Waals surface area contributed by atoms with E-state index in [1.807, 2.05) is 13.8 Å². The molecule has 1 aliphatic rings. The number of primary amides is 1. The van der Waals surface area contributed by atoms with Gasteiger partial charge < -0.3 is 16.0 Å². The van der Waals surface area contributed by atoms with Crippen molar-refractivity contribution in [3.63, 3.8) is 0 Å². The molecule has 1 aromatic rings. The molecule has 2 rings (SSSR count). The second-order valence-electron chi connectivity index (χ2n) is 6.80. The van der Waals surface area contributed by atoms with Crippen LogP contribution in [-0.4, -0.2) is 35.5 Å². The summed E-state index contributed by atoms with van der Waals surface area (Å²) in [7, 11) is 0. The highest BCUT2D eigenvalue weighted by molar-refractivity contribution is 5.81. The van der Waals surface area contributed by atoms with Crippen molar-refractivity contribution in [1.29, 1.82) is 0 Å². The van der Waals surface area contributed by atoms with Gasteiger partial charge in [-0.1, -0.05) is 12.1 Å². The van der Waals surface area contributed by atoms with E-state index < -0.39 is 11.6 Å². The van der Waals surface area contributed by atoms with Crippen molar-refractivity contribution >= 4 is 11.9 Å². The SMILES string of the molecule is CC(C)(Cc1ccc(F)cc1)NC(=O)[C@@H]1CCCN(C(N)=O)C1.